The first-order valence-electron chi connectivity index (χ1n) is 11.3. The number of halogens is 2. The molecule has 0 aliphatic carbocycles. The van der Waals surface area contributed by atoms with E-state index in [0.29, 0.717) is 17.7 Å². The standard InChI is InChI=1S/C27H30F2N2O3/c1-2-18-5-3-7-20(9-18)16-30-17-26(33)25(13-21-10-22(28)15-23(29)11-21)31-27(34)14-19-6-4-8-24(32)12-19/h3-12,15,25-26,30,32-33H,2,13-14,16-17H2,1H3,(H,31,34)/t25-,26-/m1/s1. The Bertz CT molecular complexity index is 1090. The van der Waals surface area contributed by atoms with E-state index in [1.165, 1.54) is 29.8 Å². The maximum atomic E-state index is 13.7. The number of hydrogen-bond acceptors (Lipinski definition) is 4. The van der Waals surface area contributed by atoms with Crippen LogP contribution in [0.1, 0.15) is 29.2 Å². The highest BCUT2D eigenvalue weighted by Crippen LogP contribution is 2.14. The fraction of sp³-hybridized carbons (Fsp3) is 0.296. The monoisotopic (exact) mass is 468 g/mol. The molecule has 0 bridgehead atoms. The molecule has 0 unspecified atom stereocenters. The van der Waals surface area contributed by atoms with Crippen molar-refractivity contribution in [3.63, 3.8) is 0 Å². The van der Waals surface area contributed by atoms with Crippen LogP contribution in [0, 0.1) is 11.6 Å². The minimum atomic E-state index is -1.01. The van der Waals surface area contributed by atoms with Crippen molar-refractivity contribution in [1.29, 1.82) is 0 Å². The van der Waals surface area contributed by atoms with E-state index in [1.807, 2.05) is 12.1 Å². The van der Waals surface area contributed by atoms with Gasteiger partial charge in [-0.1, -0.05) is 43.3 Å². The van der Waals surface area contributed by atoms with Crippen LogP contribution in [0.3, 0.4) is 0 Å². The summed E-state index contributed by atoms with van der Waals surface area (Å²) in [5, 5.41) is 26.4. The SMILES string of the molecule is CCc1cccc(CNC[C@@H](O)[C@@H](Cc2cc(F)cc(F)c2)NC(=O)Cc2cccc(O)c2)c1. The first-order chi connectivity index (χ1) is 16.3. The minimum Gasteiger partial charge on any atom is -0.508 e. The number of carbonyl (C=O) groups excluding carboxylic acids is 1. The second kappa shape index (κ2) is 12.3. The number of amides is 1. The normalized spacial score (nSPS) is 12.8. The van der Waals surface area contributed by atoms with E-state index in [1.54, 1.807) is 12.1 Å². The zero-order chi connectivity index (χ0) is 24.5. The number of hydrogen-bond donors (Lipinski definition) is 4. The van der Waals surface area contributed by atoms with Crippen molar-refractivity contribution in [2.24, 2.45) is 0 Å². The largest absolute Gasteiger partial charge is 0.508 e. The second-order valence-corrected chi connectivity index (χ2v) is 8.37. The van der Waals surface area contributed by atoms with Crippen LogP contribution in [0.5, 0.6) is 5.75 Å². The molecule has 0 fully saturated rings. The summed E-state index contributed by atoms with van der Waals surface area (Å²) in [7, 11) is 0. The van der Waals surface area contributed by atoms with Gasteiger partial charge in [-0.05, 0) is 59.4 Å². The molecule has 1 amide bonds. The van der Waals surface area contributed by atoms with Crippen molar-refractivity contribution >= 4 is 5.91 Å². The Morgan fingerprint density at radius 3 is 2.29 bits per heavy atom. The number of aromatic hydroxyl groups is 1. The van der Waals surface area contributed by atoms with E-state index in [0.717, 1.165) is 18.1 Å². The van der Waals surface area contributed by atoms with Crippen molar-refractivity contribution in [1.82, 2.24) is 10.6 Å². The molecule has 0 radical (unpaired) electrons. The highest BCUT2D eigenvalue weighted by molar-refractivity contribution is 5.79. The van der Waals surface area contributed by atoms with Gasteiger partial charge in [0.1, 0.15) is 17.4 Å². The van der Waals surface area contributed by atoms with Crippen molar-refractivity contribution < 1.29 is 23.8 Å². The highest BCUT2D eigenvalue weighted by atomic mass is 19.1. The van der Waals surface area contributed by atoms with Gasteiger partial charge < -0.3 is 20.8 Å². The fourth-order valence-electron chi connectivity index (χ4n) is 3.84. The molecule has 0 aliphatic heterocycles. The Kier molecular flexibility index (Phi) is 9.13. The number of aliphatic hydroxyl groups is 1. The Morgan fingerprint density at radius 1 is 0.912 bits per heavy atom. The van der Waals surface area contributed by atoms with E-state index in [4.69, 9.17) is 0 Å². The molecule has 2 atom stereocenters. The van der Waals surface area contributed by atoms with Gasteiger partial charge in [-0.25, -0.2) is 8.78 Å². The van der Waals surface area contributed by atoms with E-state index in [-0.39, 0.29) is 31.0 Å². The summed E-state index contributed by atoms with van der Waals surface area (Å²) >= 11 is 0. The predicted molar refractivity (Wildman–Crippen MR) is 127 cm³/mol. The molecule has 7 heteroatoms. The molecular weight excluding hydrogens is 438 g/mol. The number of aliphatic hydroxyl groups excluding tert-OH is 1. The summed E-state index contributed by atoms with van der Waals surface area (Å²) in [6.45, 7) is 2.78. The summed E-state index contributed by atoms with van der Waals surface area (Å²) in [5.74, 6) is -1.76. The average Bonchev–Trinajstić information content (AvgIpc) is 2.78. The molecular formula is C27H30F2N2O3. The Labute approximate surface area is 198 Å². The summed E-state index contributed by atoms with van der Waals surface area (Å²) in [5.41, 5.74) is 3.22. The number of nitrogens with one attached hydrogen (secondary N) is 2. The van der Waals surface area contributed by atoms with Gasteiger partial charge in [0.15, 0.2) is 0 Å². The lowest BCUT2D eigenvalue weighted by Crippen LogP contribution is -2.49. The van der Waals surface area contributed by atoms with Gasteiger partial charge in [0, 0.05) is 19.2 Å². The number of rotatable bonds is 11. The molecule has 0 aromatic heterocycles. The molecule has 3 aromatic rings. The number of phenolic OH excluding ortho intramolecular Hbond substituents is 1. The van der Waals surface area contributed by atoms with Gasteiger partial charge >= 0.3 is 0 Å². The number of phenols is 1. The molecule has 0 saturated heterocycles. The first kappa shape index (κ1) is 25.3. The quantitative estimate of drug-likeness (QED) is 0.346. The number of benzene rings is 3. The smallest absolute Gasteiger partial charge is 0.224 e. The molecule has 34 heavy (non-hydrogen) atoms. The third-order valence-electron chi connectivity index (χ3n) is 5.55. The van der Waals surface area contributed by atoms with Gasteiger partial charge in [0.05, 0.1) is 18.6 Å². The van der Waals surface area contributed by atoms with Crippen LogP contribution < -0.4 is 10.6 Å². The molecule has 0 saturated carbocycles. The minimum absolute atomic E-state index is 0.00757. The number of carbonyl (C=O) groups is 1. The van der Waals surface area contributed by atoms with Crippen molar-refractivity contribution in [2.45, 2.75) is 44.9 Å². The lowest BCUT2D eigenvalue weighted by atomic mass is 10.00. The van der Waals surface area contributed by atoms with Crippen molar-refractivity contribution in [2.75, 3.05) is 6.54 Å². The Hall–Kier alpha value is -3.29. The Morgan fingerprint density at radius 2 is 1.59 bits per heavy atom. The topological polar surface area (TPSA) is 81.6 Å². The van der Waals surface area contributed by atoms with Gasteiger partial charge in [-0.15, -0.1) is 0 Å². The number of aryl methyl sites for hydroxylation is 1. The van der Waals surface area contributed by atoms with Crippen LogP contribution in [0.4, 0.5) is 8.78 Å². The summed E-state index contributed by atoms with van der Waals surface area (Å²) in [6.07, 6.45) is -0.0385. The van der Waals surface area contributed by atoms with Crippen LogP contribution in [-0.2, 0) is 30.6 Å². The zero-order valence-electron chi connectivity index (χ0n) is 19.1. The maximum absolute atomic E-state index is 13.7. The first-order valence-corrected chi connectivity index (χ1v) is 11.3. The molecule has 180 valence electrons. The zero-order valence-corrected chi connectivity index (χ0v) is 19.1. The molecule has 0 heterocycles. The van der Waals surface area contributed by atoms with E-state index in [2.05, 4.69) is 29.7 Å². The van der Waals surface area contributed by atoms with Crippen molar-refractivity contribution in [3.8, 4) is 5.75 Å². The maximum Gasteiger partial charge on any atom is 0.224 e. The van der Waals surface area contributed by atoms with Gasteiger partial charge in [0.2, 0.25) is 5.91 Å². The van der Waals surface area contributed by atoms with E-state index >= 15 is 0 Å². The summed E-state index contributed by atoms with van der Waals surface area (Å²) in [6, 6.07) is 16.8. The molecule has 4 N–H and O–H groups in total. The molecule has 0 spiro atoms. The van der Waals surface area contributed by atoms with Crippen LogP contribution >= 0.6 is 0 Å². The van der Waals surface area contributed by atoms with E-state index < -0.39 is 23.8 Å². The molecule has 3 rings (SSSR count). The Balaban J connectivity index is 1.66. The lowest BCUT2D eigenvalue weighted by molar-refractivity contribution is -0.122. The van der Waals surface area contributed by atoms with Crippen molar-refractivity contribution in [3.05, 3.63) is 101 Å². The summed E-state index contributed by atoms with van der Waals surface area (Å²) in [4.78, 5) is 12.7. The van der Waals surface area contributed by atoms with Crippen LogP contribution in [0.2, 0.25) is 0 Å². The highest BCUT2D eigenvalue weighted by Gasteiger charge is 2.22. The lowest BCUT2D eigenvalue weighted by Gasteiger charge is -2.25. The average molecular weight is 469 g/mol. The van der Waals surface area contributed by atoms with Crippen LogP contribution in [-0.4, -0.2) is 34.8 Å². The predicted octanol–water partition coefficient (Wildman–Crippen LogP) is 3.65. The molecule has 0 aliphatic rings. The molecule has 5 nitrogen and oxygen atoms in total. The van der Waals surface area contributed by atoms with E-state index in [9.17, 15) is 23.8 Å². The van der Waals surface area contributed by atoms with Gasteiger partial charge in [-0.2, -0.15) is 0 Å². The third-order valence-corrected chi connectivity index (χ3v) is 5.55. The second-order valence-electron chi connectivity index (χ2n) is 8.37. The molecule has 3 aromatic carbocycles. The fourth-order valence-corrected chi connectivity index (χ4v) is 3.84. The van der Waals surface area contributed by atoms with Crippen LogP contribution in [0.15, 0.2) is 66.7 Å². The van der Waals surface area contributed by atoms with Gasteiger partial charge in [0.25, 0.3) is 0 Å². The van der Waals surface area contributed by atoms with Gasteiger partial charge in [-0.3, -0.25) is 4.79 Å². The summed E-state index contributed by atoms with van der Waals surface area (Å²) < 4.78 is 27.4. The third kappa shape index (κ3) is 7.93. The van der Waals surface area contributed by atoms with Crippen LogP contribution in [0.25, 0.3) is 0 Å².